The standard InChI is InChI=1S/C21H19N6O4/c1-29-15-7-13(8-16(30-2)18(15)31-3)26-19-17-11(4-5-23-20(17)28)6-14(27-19)12-9-24-21(22)25-10-12/h4-10H,1-3H3,(H,26,27)(H2,22,24,25). The fraction of sp³-hybridized carbons (Fsp3) is 0.143. The van der Waals surface area contributed by atoms with Gasteiger partial charge >= 0.3 is 0 Å². The summed E-state index contributed by atoms with van der Waals surface area (Å²) < 4.78 is 16.2. The zero-order valence-electron chi connectivity index (χ0n) is 17.0. The Morgan fingerprint density at radius 1 is 0.968 bits per heavy atom. The molecule has 3 aromatic rings. The average molecular weight is 419 g/mol. The van der Waals surface area contributed by atoms with Crippen LogP contribution in [-0.4, -0.2) is 42.2 Å². The third kappa shape index (κ3) is 3.78. The second kappa shape index (κ2) is 8.19. The van der Waals surface area contributed by atoms with Crippen LogP contribution in [-0.2, 0) is 0 Å². The zero-order valence-corrected chi connectivity index (χ0v) is 17.0. The number of hydrogen-bond acceptors (Lipinski definition) is 9. The van der Waals surface area contributed by atoms with Crippen molar-refractivity contribution in [3.63, 3.8) is 0 Å². The van der Waals surface area contributed by atoms with Gasteiger partial charge < -0.3 is 25.3 Å². The van der Waals surface area contributed by atoms with Crippen LogP contribution in [0.3, 0.4) is 0 Å². The van der Waals surface area contributed by atoms with Crippen molar-refractivity contribution in [2.75, 3.05) is 32.4 Å². The summed E-state index contributed by atoms with van der Waals surface area (Å²) in [5, 5.41) is 7.05. The molecule has 157 valence electrons. The Balaban J connectivity index is 1.84. The lowest BCUT2D eigenvalue weighted by Gasteiger charge is -2.18. The van der Waals surface area contributed by atoms with Gasteiger partial charge in [-0.2, -0.15) is 0 Å². The van der Waals surface area contributed by atoms with Gasteiger partial charge in [0.1, 0.15) is 5.82 Å². The Hall–Kier alpha value is -4.34. The molecule has 2 aromatic heterocycles. The van der Waals surface area contributed by atoms with Gasteiger partial charge in [0.15, 0.2) is 11.5 Å². The van der Waals surface area contributed by atoms with Crippen molar-refractivity contribution < 1.29 is 19.0 Å². The van der Waals surface area contributed by atoms with E-state index in [9.17, 15) is 4.79 Å². The first-order valence-electron chi connectivity index (χ1n) is 9.15. The maximum atomic E-state index is 12.5. The number of amides is 1. The molecule has 0 spiro atoms. The number of carbonyl (C=O) groups is 1. The molecule has 0 saturated heterocycles. The molecule has 0 atom stereocenters. The number of aromatic nitrogens is 3. The topological polar surface area (TPSA) is 136 Å². The number of nitrogens with two attached hydrogens (primary N) is 1. The Morgan fingerprint density at radius 2 is 1.65 bits per heavy atom. The van der Waals surface area contributed by atoms with E-state index in [2.05, 4.69) is 25.6 Å². The molecule has 4 rings (SSSR count). The number of hydrogen-bond donors (Lipinski definition) is 2. The number of nitrogens with one attached hydrogen (secondary N) is 1. The van der Waals surface area contributed by atoms with E-state index in [1.807, 2.05) is 0 Å². The van der Waals surface area contributed by atoms with Crippen LogP contribution in [0, 0.1) is 0 Å². The molecule has 31 heavy (non-hydrogen) atoms. The second-order valence-electron chi connectivity index (χ2n) is 6.44. The van der Waals surface area contributed by atoms with E-state index in [0.29, 0.717) is 51.1 Å². The third-order valence-electron chi connectivity index (χ3n) is 4.60. The van der Waals surface area contributed by atoms with Gasteiger partial charge in [0.25, 0.3) is 5.91 Å². The predicted molar refractivity (Wildman–Crippen MR) is 115 cm³/mol. The van der Waals surface area contributed by atoms with Crippen molar-refractivity contribution >= 4 is 29.4 Å². The number of nitrogens with zero attached hydrogens (tertiary/aromatic N) is 4. The minimum absolute atomic E-state index is 0.159. The van der Waals surface area contributed by atoms with E-state index >= 15 is 0 Å². The molecule has 1 aliphatic rings. The molecule has 1 aliphatic heterocycles. The third-order valence-corrected chi connectivity index (χ3v) is 4.60. The predicted octanol–water partition coefficient (Wildman–Crippen LogP) is 2.62. The summed E-state index contributed by atoms with van der Waals surface area (Å²) in [4.78, 5) is 25.2. The summed E-state index contributed by atoms with van der Waals surface area (Å²) in [6.07, 6.45) is 6.33. The quantitative estimate of drug-likeness (QED) is 0.618. The lowest BCUT2D eigenvalue weighted by Crippen LogP contribution is -2.18. The molecule has 10 heteroatoms. The highest BCUT2D eigenvalue weighted by molar-refractivity contribution is 6.05. The van der Waals surface area contributed by atoms with Crippen LogP contribution in [0.4, 0.5) is 17.5 Å². The Labute approximate surface area is 178 Å². The number of pyridine rings is 1. The van der Waals surface area contributed by atoms with Crippen LogP contribution in [0.5, 0.6) is 17.2 Å². The summed E-state index contributed by atoms with van der Waals surface area (Å²) in [5.41, 5.74) is 8.38. The normalized spacial score (nSPS) is 12.0. The smallest absolute Gasteiger partial charge is 0.281 e. The van der Waals surface area contributed by atoms with Crippen LogP contribution in [0.15, 0.2) is 36.8 Å². The number of ether oxygens (including phenoxy) is 3. The molecule has 0 saturated carbocycles. The molecular weight excluding hydrogens is 400 g/mol. The number of nitrogen functional groups attached to an aromatic ring is 1. The Kier molecular flexibility index (Phi) is 5.27. The monoisotopic (exact) mass is 419 g/mol. The molecule has 3 heterocycles. The van der Waals surface area contributed by atoms with Gasteiger partial charge in [-0.05, 0) is 17.7 Å². The van der Waals surface area contributed by atoms with Gasteiger partial charge in [0, 0.05) is 42.0 Å². The minimum atomic E-state index is -0.403. The average Bonchev–Trinajstić information content (AvgIpc) is 2.78. The van der Waals surface area contributed by atoms with Gasteiger partial charge in [-0.3, -0.25) is 4.79 Å². The van der Waals surface area contributed by atoms with Gasteiger partial charge in [-0.1, -0.05) is 0 Å². The van der Waals surface area contributed by atoms with Crippen LogP contribution < -0.4 is 30.6 Å². The fourth-order valence-electron chi connectivity index (χ4n) is 3.17. The highest BCUT2D eigenvalue weighted by Crippen LogP contribution is 2.41. The SMILES string of the molecule is COc1cc(Nc2nc(-c3cnc(N)nc3)cc3c2C(=O)[N]C=C3)cc(OC)c1OC. The maximum Gasteiger partial charge on any atom is 0.281 e. The summed E-state index contributed by atoms with van der Waals surface area (Å²) in [6, 6.07) is 5.21. The van der Waals surface area contributed by atoms with E-state index in [1.165, 1.54) is 27.5 Å². The molecule has 3 N–H and O–H groups in total. The van der Waals surface area contributed by atoms with Crippen molar-refractivity contribution in [2.45, 2.75) is 0 Å². The Bertz CT molecular complexity index is 1150. The van der Waals surface area contributed by atoms with Crippen molar-refractivity contribution in [3.8, 4) is 28.5 Å². The largest absolute Gasteiger partial charge is 0.493 e. The molecule has 1 aromatic carbocycles. The summed E-state index contributed by atoms with van der Waals surface area (Å²) in [6.45, 7) is 0. The van der Waals surface area contributed by atoms with Crippen LogP contribution in [0.25, 0.3) is 17.3 Å². The molecule has 0 aliphatic carbocycles. The summed E-state index contributed by atoms with van der Waals surface area (Å²) >= 11 is 0. The molecule has 0 bridgehead atoms. The van der Waals surface area contributed by atoms with Crippen molar-refractivity contribution in [1.29, 1.82) is 0 Å². The lowest BCUT2D eigenvalue weighted by atomic mass is 10.0. The van der Waals surface area contributed by atoms with Gasteiger partial charge in [0.05, 0.1) is 32.6 Å². The van der Waals surface area contributed by atoms with Crippen LogP contribution >= 0.6 is 0 Å². The summed E-state index contributed by atoms with van der Waals surface area (Å²) in [5.74, 6) is 1.44. The Morgan fingerprint density at radius 3 is 2.26 bits per heavy atom. The molecule has 1 radical (unpaired) electrons. The molecule has 1 amide bonds. The second-order valence-corrected chi connectivity index (χ2v) is 6.44. The van der Waals surface area contributed by atoms with Gasteiger partial charge in [0.2, 0.25) is 11.7 Å². The number of fused-ring (bicyclic) bond motifs is 1. The van der Waals surface area contributed by atoms with Gasteiger partial charge in [-0.15, -0.1) is 0 Å². The molecule has 0 fully saturated rings. The van der Waals surface area contributed by atoms with Gasteiger partial charge in [-0.25, -0.2) is 20.3 Å². The van der Waals surface area contributed by atoms with E-state index in [1.54, 1.807) is 36.7 Å². The lowest BCUT2D eigenvalue weighted by molar-refractivity contribution is 0.0965. The first-order chi connectivity index (χ1) is 15.0. The fourth-order valence-corrected chi connectivity index (χ4v) is 3.17. The number of methoxy groups -OCH3 is 3. The van der Waals surface area contributed by atoms with Crippen molar-refractivity contribution in [3.05, 3.63) is 47.9 Å². The van der Waals surface area contributed by atoms with E-state index < -0.39 is 5.91 Å². The highest BCUT2D eigenvalue weighted by atomic mass is 16.5. The van der Waals surface area contributed by atoms with Crippen LogP contribution in [0.1, 0.15) is 15.9 Å². The number of anilines is 3. The number of carbonyl (C=O) groups excluding carboxylic acids is 1. The minimum Gasteiger partial charge on any atom is -0.493 e. The maximum absolute atomic E-state index is 12.5. The van der Waals surface area contributed by atoms with E-state index in [0.717, 1.165) is 0 Å². The first kappa shape index (κ1) is 20.0. The molecule has 10 nitrogen and oxygen atoms in total. The van der Waals surface area contributed by atoms with Crippen molar-refractivity contribution in [2.24, 2.45) is 0 Å². The molecular formula is C21H19N6O4. The highest BCUT2D eigenvalue weighted by Gasteiger charge is 2.23. The number of rotatable bonds is 6. The van der Waals surface area contributed by atoms with E-state index in [-0.39, 0.29) is 5.95 Å². The molecule has 0 unspecified atom stereocenters. The van der Waals surface area contributed by atoms with Crippen molar-refractivity contribution in [1.82, 2.24) is 20.3 Å². The van der Waals surface area contributed by atoms with E-state index in [4.69, 9.17) is 19.9 Å². The van der Waals surface area contributed by atoms with Crippen LogP contribution in [0.2, 0.25) is 0 Å². The number of benzene rings is 1. The first-order valence-corrected chi connectivity index (χ1v) is 9.15. The zero-order chi connectivity index (χ0) is 22.0. The summed E-state index contributed by atoms with van der Waals surface area (Å²) in [7, 11) is 4.57.